The van der Waals surface area contributed by atoms with Crippen LogP contribution in [0.3, 0.4) is 0 Å². The molecule has 0 spiro atoms. The van der Waals surface area contributed by atoms with E-state index >= 15 is 0 Å². The Labute approximate surface area is 127 Å². The molecular formula is C17H28O4. The van der Waals surface area contributed by atoms with Crippen LogP contribution >= 0.6 is 0 Å². The van der Waals surface area contributed by atoms with Crippen LogP contribution < -0.4 is 0 Å². The largest absolute Gasteiger partial charge is 0.462 e. The van der Waals surface area contributed by atoms with Gasteiger partial charge in [-0.25, -0.2) is 0 Å². The lowest BCUT2D eigenvalue weighted by Gasteiger charge is -2.34. The average molecular weight is 296 g/mol. The Bertz CT molecular complexity index is 429. The zero-order valence-corrected chi connectivity index (χ0v) is 13.8. The highest BCUT2D eigenvalue weighted by Crippen LogP contribution is 2.46. The molecule has 0 bridgehead atoms. The molecule has 1 unspecified atom stereocenters. The van der Waals surface area contributed by atoms with E-state index in [-0.39, 0.29) is 35.6 Å². The monoisotopic (exact) mass is 296 g/mol. The number of epoxide rings is 1. The fraction of sp³-hybridized carbons (Fsp3) is 0.824. The van der Waals surface area contributed by atoms with Crippen LogP contribution in [-0.2, 0) is 14.3 Å². The summed E-state index contributed by atoms with van der Waals surface area (Å²) in [6.45, 7) is 9.68. The second kappa shape index (κ2) is 6.09. The first-order chi connectivity index (χ1) is 9.74. The molecule has 4 heteroatoms. The molecule has 1 aliphatic carbocycles. The van der Waals surface area contributed by atoms with Gasteiger partial charge in [-0.3, -0.25) is 4.79 Å². The third kappa shape index (κ3) is 3.67. The highest BCUT2D eigenvalue weighted by Gasteiger charge is 2.58. The number of esters is 1. The molecule has 0 saturated carbocycles. The maximum absolute atomic E-state index is 11.4. The molecule has 1 N–H and O–H groups in total. The number of carbonyl (C=O) groups is 1. The SMILES string of the molecule is CC(=O)O[C@@H]1C/C(C)=C/CC[C@@]2(C)O[C@@H]2[C@H](O)C1C(C)C. The molecule has 5 atom stereocenters. The lowest BCUT2D eigenvalue weighted by Crippen LogP contribution is -2.43. The van der Waals surface area contributed by atoms with Gasteiger partial charge in [-0.2, -0.15) is 0 Å². The maximum atomic E-state index is 11.4. The van der Waals surface area contributed by atoms with E-state index in [1.807, 2.05) is 0 Å². The molecule has 0 aromatic rings. The Morgan fingerprint density at radius 3 is 2.76 bits per heavy atom. The van der Waals surface area contributed by atoms with Gasteiger partial charge in [0.1, 0.15) is 12.2 Å². The minimum absolute atomic E-state index is 0.109. The van der Waals surface area contributed by atoms with Crippen molar-refractivity contribution >= 4 is 5.97 Å². The van der Waals surface area contributed by atoms with Crippen molar-refractivity contribution in [3.05, 3.63) is 11.6 Å². The Hall–Kier alpha value is -0.870. The fourth-order valence-electron chi connectivity index (χ4n) is 3.61. The lowest BCUT2D eigenvalue weighted by atomic mass is 9.78. The van der Waals surface area contributed by atoms with E-state index in [4.69, 9.17) is 9.47 Å². The second-order valence-electron chi connectivity index (χ2n) is 7.10. The number of ether oxygens (including phenoxy) is 2. The second-order valence-corrected chi connectivity index (χ2v) is 7.10. The van der Waals surface area contributed by atoms with Crippen LogP contribution in [0, 0.1) is 11.8 Å². The zero-order chi connectivity index (χ0) is 15.8. The van der Waals surface area contributed by atoms with E-state index in [0.29, 0.717) is 6.42 Å². The van der Waals surface area contributed by atoms with Crippen molar-refractivity contribution in [2.24, 2.45) is 11.8 Å². The lowest BCUT2D eigenvalue weighted by molar-refractivity contribution is -0.153. The number of aliphatic hydroxyl groups excluding tert-OH is 1. The molecule has 2 rings (SSSR count). The van der Waals surface area contributed by atoms with Crippen LogP contribution in [0.25, 0.3) is 0 Å². The summed E-state index contributed by atoms with van der Waals surface area (Å²) >= 11 is 0. The van der Waals surface area contributed by atoms with E-state index in [9.17, 15) is 9.90 Å². The number of carbonyl (C=O) groups excluding carboxylic acids is 1. The summed E-state index contributed by atoms with van der Waals surface area (Å²) < 4.78 is 11.3. The standard InChI is InChI=1S/C17H28O4/c1-10(2)14-13(20-12(4)18)9-11(3)7-6-8-17(5)16(21-17)15(14)19/h7,10,13-16,19H,6,8-9H2,1-5H3/b11-7+/t13-,14?,15-,16-,17-/m1/s1. The van der Waals surface area contributed by atoms with E-state index < -0.39 is 6.10 Å². The van der Waals surface area contributed by atoms with Crippen molar-refractivity contribution in [1.29, 1.82) is 0 Å². The van der Waals surface area contributed by atoms with Gasteiger partial charge in [0.25, 0.3) is 0 Å². The van der Waals surface area contributed by atoms with E-state index in [1.54, 1.807) is 0 Å². The van der Waals surface area contributed by atoms with Crippen molar-refractivity contribution < 1.29 is 19.4 Å². The summed E-state index contributed by atoms with van der Waals surface area (Å²) in [5.41, 5.74) is 0.975. The Balaban J connectivity index is 2.29. The zero-order valence-electron chi connectivity index (χ0n) is 13.8. The summed E-state index contributed by atoms with van der Waals surface area (Å²) in [5, 5.41) is 10.8. The predicted octanol–water partition coefficient (Wildman–Crippen LogP) is 2.84. The van der Waals surface area contributed by atoms with Crippen molar-refractivity contribution in [3.8, 4) is 0 Å². The normalized spacial score (nSPS) is 42.7. The molecule has 0 amide bonds. The van der Waals surface area contributed by atoms with Gasteiger partial charge in [0, 0.05) is 19.3 Å². The highest BCUT2D eigenvalue weighted by molar-refractivity contribution is 5.66. The highest BCUT2D eigenvalue weighted by atomic mass is 16.6. The molecule has 120 valence electrons. The van der Waals surface area contributed by atoms with Gasteiger partial charge in [-0.15, -0.1) is 0 Å². The number of rotatable bonds is 2. The molecular weight excluding hydrogens is 268 g/mol. The summed E-state index contributed by atoms with van der Waals surface area (Å²) in [5.74, 6) is -0.186. The first-order valence-electron chi connectivity index (χ1n) is 7.93. The fourth-order valence-corrected chi connectivity index (χ4v) is 3.61. The van der Waals surface area contributed by atoms with Crippen molar-refractivity contribution in [2.45, 2.75) is 77.8 Å². The minimum Gasteiger partial charge on any atom is -0.462 e. The number of hydrogen-bond donors (Lipinski definition) is 1. The van der Waals surface area contributed by atoms with Crippen molar-refractivity contribution in [3.63, 3.8) is 0 Å². The number of allylic oxidation sites excluding steroid dienone is 1. The van der Waals surface area contributed by atoms with Gasteiger partial charge >= 0.3 is 5.97 Å². The topological polar surface area (TPSA) is 59.1 Å². The molecule has 1 aliphatic heterocycles. The van der Waals surface area contributed by atoms with E-state index in [2.05, 4.69) is 33.8 Å². The van der Waals surface area contributed by atoms with Gasteiger partial charge in [0.15, 0.2) is 0 Å². The molecule has 0 radical (unpaired) electrons. The van der Waals surface area contributed by atoms with Gasteiger partial charge < -0.3 is 14.6 Å². The summed E-state index contributed by atoms with van der Waals surface area (Å²) in [6.07, 6.45) is 3.72. The average Bonchev–Trinajstić information content (AvgIpc) is 2.99. The van der Waals surface area contributed by atoms with Crippen molar-refractivity contribution in [1.82, 2.24) is 0 Å². The van der Waals surface area contributed by atoms with Crippen molar-refractivity contribution in [2.75, 3.05) is 0 Å². The summed E-state index contributed by atoms with van der Waals surface area (Å²) in [4.78, 5) is 11.4. The molecule has 0 aromatic carbocycles. The molecule has 4 nitrogen and oxygen atoms in total. The molecule has 1 heterocycles. The third-order valence-corrected chi connectivity index (χ3v) is 4.82. The molecule has 0 aromatic heterocycles. The van der Waals surface area contributed by atoms with Crippen LogP contribution in [0.2, 0.25) is 0 Å². The van der Waals surface area contributed by atoms with Crippen LogP contribution in [0.4, 0.5) is 0 Å². The van der Waals surface area contributed by atoms with Crippen LogP contribution in [0.1, 0.15) is 53.9 Å². The summed E-state index contributed by atoms with van der Waals surface area (Å²) in [7, 11) is 0. The number of aliphatic hydroxyl groups is 1. The quantitative estimate of drug-likeness (QED) is 0.483. The Morgan fingerprint density at radius 1 is 1.52 bits per heavy atom. The predicted molar refractivity (Wildman–Crippen MR) is 80.8 cm³/mol. The van der Waals surface area contributed by atoms with Gasteiger partial charge in [0.05, 0.1) is 11.7 Å². The van der Waals surface area contributed by atoms with Crippen LogP contribution in [-0.4, -0.2) is 35.0 Å². The number of hydrogen-bond acceptors (Lipinski definition) is 4. The number of fused-ring (bicyclic) bond motifs is 1. The first-order valence-corrected chi connectivity index (χ1v) is 7.93. The smallest absolute Gasteiger partial charge is 0.302 e. The van der Waals surface area contributed by atoms with Gasteiger partial charge in [0.2, 0.25) is 0 Å². The van der Waals surface area contributed by atoms with Gasteiger partial charge in [-0.05, 0) is 32.6 Å². The Morgan fingerprint density at radius 2 is 2.19 bits per heavy atom. The van der Waals surface area contributed by atoms with Crippen LogP contribution in [0.15, 0.2) is 11.6 Å². The van der Waals surface area contributed by atoms with E-state index in [0.717, 1.165) is 12.8 Å². The minimum atomic E-state index is -0.592. The van der Waals surface area contributed by atoms with Crippen LogP contribution in [0.5, 0.6) is 0 Å². The maximum Gasteiger partial charge on any atom is 0.302 e. The van der Waals surface area contributed by atoms with Gasteiger partial charge in [-0.1, -0.05) is 25.5 Å². The van der Waals surface area contributed by atoms with E-state index in [1.165, 1.54) is 12.5 Å². The molecule has 1 fully saturated rings. The summed E-state index contributed by atoms with van der Waals surface area (Å²) in [6, 6.07) is 0. The molecule has 21 heavy (non-hydrogen) atoms. The molecule has 1 saturated heterocycles. The first kappa shape index (κ1) is 16.5. The third-order valence-electron chi connectivity index (χ3n) is 4.82. The molecule has 2 aliphatic rings. The Kier molecular flexibility index (Phi) is 4.79.